The number of aryl methyl sites for hydroxylation is 2. The number of hydrazone groups is 1. The smallest absolute Gasteiger partial charge is 0.276 e. The Morgan fingerprint density at radius 3 is 2.27 bits per heavy atom. The van der Waals surface area contributed by atoms with Gasteiger partial charge in [0.25, 0.3) is 10.0 Å². The zero-order chi connectivity index (χ0) is 21.7. The van der Waals surface area contributed by atoms with Crippen LogP contribution in [0, 0.1) is 13.8 Å². The third kappa shape index (κ3) is 5.93. The van der Waals surface area contributed by atoms with Crippen molar-refractivity contribution in [3.63, 3.8) is 0 Å². The molecule has 0 fully saturated rings. The van der Waals surface area contributed by atoms with Gasteiger partial charge in [0.1, 0.15) is 12.4 Å². The van der Waals surface area contributed by atoms with Crippen molar-refractivity contribution >= 4 is 48.1 Å². The topological polar surface area (TPSA) is 67.8 Å². The molecule has 8 heteroatoms. The van der Waals surface area contributed by atoms with Crippen LogP contribution in [0.1, 0.15) is 22.3 Å². The maximum atomic E-state index is 12.3. The first-order valence-electron chi connectivity index (χ1n) is 9.03. The minimum Gasteiger partial charge on any atom is -0.487 e. The van der Waals surface area contributed by atoms with Crippen LogP contribution in [0.4, 0.5) is 0 Å². The van der Waals surface area contributed by atoms with E-state index in [1.165, 1.54) is 11.8 Å². The number of rotatable bonds is 7. The molecule has 0 saturated heterocycles. The van der Waals surface area contributed by atoms with E-state index in [2.05, 4.69) is 47.9 Å². The highest BCUT2D eigenvalue weighted by atomic mass is 79.9. The number of benzene rings is 3. The van der Waals surface area contributed by atoms with Gasteiger partial charge < -0.3 is 4.74 Å². The summed E-state index contributed by atoms with van der Waals surface area (Å²) in [5, 5.41) is 3.88. The Balaban J connectivity index is 1.69. The Labute approximate surface area is 193 Å². The highest BCUT2D eigenvalue weighted by molar-refractivity contribution is 9.11. The molecule has 0 aliphatic rings. The lowest BCUT2D eigenvalue weighted by atomic mass is 10.1. The summed E-state index contributed by atoms with van der Waals surface area (Å²) in [5.74, 6) is 0.661. The summed E-state index contributed by atoms with van der Waals surface area (Å²) in [6, 6.07) is 18.3. The maximum absolute atomic E-state index is 12.3. The molecule has 0 atom stereocenters. The van der Waals surface area contributed by atoms with Crippen molar-refractivity contribution in [3.05, 3.63) is 91.9 Å². The number of halogens is 2. The number of hydrogen-bond acceptors (Lipinski definition) is 4. The van der Waals surface area contributed by atoms with Crippen LogP contribution >= 0.6 is 31.9 Å². The third-order valence-electron chi connectivity index (χ3n) is 4.20. The molecule has 5 nitrogen and oxygen atoms in total. The molecule has 0 aliphatic heterocycles. The molecule has 1 N–H and O–H groups in total. The number of sulfonamides is 1. The zero-order valence-corrected chi connectivity index (χ0v) is 20.4. The number of hydrogen-bond donors (Lipinski definition) is 1. The van der Waals surface area contributed by atoms with E-state index in [-0.39, 0.29) is 4.90 Å². The minimum atomic E-state index is -3.71. The Hall–Kier alpha value is -2.16. The van der Waals surface area contributed by atoms with Gasteiger partial charge in [0.05, 0.1) is 20.1 Å². The van der Waals surface area contributed by atoms with Gasteiger partial charge in [-0.2, -0.15) is 13.5 Å². The lowest BCUT2D eigenvalue weighted by Crippen LogP contribution is -2.18. The van der Waals surface area contributed by atoms with E-state index in [1.807, 2.05) is 32.0 Å². The first-order valence-corrected chi connectivity index (χ1v) is 12.1. The largest absolute Gasteiger partial charge is 0.487 e. The highest BCUT2D eigenvalue weighted by Gasteiger charge is 2.12. The zero-order valence-electron chi connectivity index (χ0n) is 16.4. The molecular formula is C22H20Br2N2O3S. The molecule has 0 aliphatic carbocycles. The van der Waals surface area contributed by atoms with E-state index < -0.39 is 10.0 Å². The van der Waals surface area contributed by atoms with Crippen molar-refractivity contribution in [3.8, 4) is 5.75 Å². The number of nitrogens with one attached hydrogen (secondary N) is 1. The normalized spacial score (nSPS) is 11.6. The van der Waals surface area contributed by atoms with Gasteiger partial charge in [-0.05, 0) is 81.1 Å². The lowest BCUT2D eigenvalue weighted by molar-refractivity contribution is 0.302. The summed E-state index contributed by atoms with van der Waals surface area (Å²) < 4.78 is 32.0. The van der Waals surface area contributed by atoms with Crippen LogP contribution in [0.15, 0.2) is 79.6 Å². The Morgan fingerprint density at radius 1 is 0.967 bits per heavy atom. The molecule has 0 amide bonds. The van der Waals surface area contributed by atoms with Gasteiger partial charge >= 0.3 is 0 Å². The van der Waals surface area contributed by atoms with Crippen molar-refractivity contribution in [2.75, 3.05) is 0 Å². The SMILES string of the molecule is Cc1ccc(S(=O)(=O)N/N=C\c2cc(Br)c(OCc3cccc(C)c3)c(Br)c2)cc1. The van der Waals surface area contributed by atoms with Crippen molar-refractivity contribution < 1.29 is 13.2 Å². The first-order chi connectivity index (χ1) is 14.2. The van der Waals surface area contributed by atoms with Crippen LogP contribution in [0.25, 0.3) is 0 Å². The summed E-state index contributed by atoms with van der Waals surface area (Å²) in [5.41, 5.74) is 3.93. The molecule has 0 spiro atoms. The molecule has 156 valence electrons. The van der Waals surface area contributed by atoms with Crippen LogP contribution in [0.2, 0.25) is 0 Å². The second-order valence-electron chi connectivity index (χ2n) is 6.76. The molecule has 3 aromatic carbocycles. The number of nitrogens with zero attached hydrogens (tertiary/aromatic N) is 1. The second kappa shape index (κ2) is 9.76. The van der Waals surface area contributed by atoms with E-state index in [4.69, 9.17) is 4.74 Å². The van der Waals surface area contributed by atoms with E-state index >= 15 is 0 Å². The predicted octanol–water partition coefficient (Wildman–Crippen LogP) is 5.72. The Morgan fingerprint density at radius 2 is 1.63 bits per heavy atom. The molecule has 0 heterocycles. The summed E-state index contributed by atoms with van der Waals surface area (Å²) in [4.78, 5) is 2.39. The van der Waals surface area contributed by atoms with Gasteiger partial charge in [0.2, 0.25) is 0 Å². The highest BCUT2D eigenvalue weighted by Crippen LogP contribution is 2.35. The maximum Gasteiger partial charge on any atom is 0.276 e. The molecule has 3 rings (SSSR count). The van der Waals surface area contributed by atoms with Crippen LogP contribution < -0.4 is 9.57 Å². The summed E-state index contributed by atoms with van der Waals surface area (Å²) >= 11 is 7.01. The van der Waals surface area contributed by atoms with E-state index in [1.54, 1.807) is 36.4 Å². The van der Waals surface area contributed by atoms with Crippen LogP contribution in [-0.2, 0) is 16.6 Å². The number of ether oxygens (including phenoxy) is 1. The lowest BCUT2D eigenvalue weighted by Gasteiger charge is -2.12. The second-order valence-corrected chi connectivity index (χ2v) is 10.1. The molecule has 3 aromatic rings. The average molecular weight is 552 g/mol. The van der Waals surface area contributed by atoms with Gasteiger partial charge in [0.15, 0.2) is 0 Å². The fourth-order valence-corrected chi connectivity index (χ4v) is 4.93. The monoisotopic (exact) mass is 550 g/mol. The van der Waals surface area contributed by atoms with Gasteiger partial charge in [-0.25, -0.2) is 4.83 Å². The van der Waals surface area contributed by atoms with Crippen molar-refractivity contribution in [2.45, 2.75) is 25.3 Å². The van der Waals surface area contributed by atoms with Crippen LogP contribution in [0.3, 0.4) is 0 Å². The molecule has 0 radical (unpaired) electrons. The van der Waals surface area contributed by atoms with Gasteiger partial charge in [-0.15, -0.1) is 0 Å². The van der Waals surface area contributed by atoms with E-state index in [0.717, 1.165) is 20.1 Å². The van der Waals surface area contributed by atoms with Crippen LogP contribution in [-0.4, -0.2) is 14.6 Å². The standard InChI is InChI=1S/C22H20Br2N2O3S/c1-15-6-8-19(9-7-15)30(27,28)26-25-13-18-11-20(23)22(21(24)12-18)29-14-17-5-3-4-16(2)10-17/h3-13,26H,14H2,1-2H3/b25-13-. The fraction of sp³-hybridized carbons (Fsp3) is 0.136. The Kier molecular flexibility index (Phi) is 7.33. The molecule has 30 heavy (non-hydrogen) atoms. The van der Waals surface area contributed by atoms with Crippen LogP contribution in [0.5, 0.6) is 5.75 Å². The molecule has 0 unspecified atom stereocenters. The van der Waals surface area contributed by atoms with Gasteiger partial charge in [-0.3, -0.25) is 0 Å². The first kappa shape index (κ1) is 22.5. The van der Waals surface area contributed by atoms with Crippen molar-refractivity contribution in [1.29, 1.82) is 0 Å². The van der Waals surface area contributed by atoms with Gasteiger partial charge in [-0.1, -0.05) is 47.5 Å². The van der Waals surface area contributed by atoms with E-state index in [0.29, 0.717) is 17.9 Å². The minimum absolute atomic E-state index is 0.160. The summed E-state index contributed by atoms with van der Waals surface area (Å²) in [6.07, 6.45) is 1.44. The van der Waals surface area contributed by atoms with E-state index in [9.17, 15) is 8.42 Å². The van der Waals surface area contributed by atoms with Crippen molar-refractivity contribution in [2.24, 2.45) is 5.10 Å². The third-order valence-corrected chi connectivity index (χ3v) is 6.62. The molecule has 0 aromatic heterocycles. The Bertz CT molecular complexity index is 1150. The fourth-order valence-electron chi connectivity index (χ4n) is 2.69. The predicted molar refractivity (Wildman–Crippen MR) is 126 cm³/mol. The van der Waals surface area contributed by atoms with Crippen molar-refractivity contribution in [1.82, 2.24) is 4.83 Å². The molecular weight excluding hydrogens is 532 g/mol. The van der Waals surface area contributed by atoms with Gasteiger partial charge in [0, 0.05) is 0 Å². The summed E-state index contributed by atoms with van der Waals surface area (Å²) in [6.45, 7) is 4.37. The summed E-state index contributed by atoms with van der Waals surface area (Å²) in [7, 11) is -3.71. The average Bonchev–Trinajstić information content (AvgIpc) is 2.67. The molecule has 0 bridgehead atoms. The molecule has 0 saturated carbocycles. The quantitative estimate of drug-likeness (QED) is 0.301.